The largest absolute Gasteiger partial charge is 0.390 e. The Morgan fingerprint density at radius 3 is 2.82 bits per heavy atom. The van der Waals surface area contributed by atoms with Crippen molar-refractivity contribution < 1.29 is 19.5 Å². The predicted octanol–water partition coefficient (Wildman–Crippen LogP) is 0.868. The highest BCUT2D eigenvalue weighted by molar-refractivity contribution is 6.05. The maximum absolute atomic E-state index is 12.8. The summed E-state index contributed by atoms with van der Waals surface area (Å²) in [5.41, 5.74) is 8.23. The SMILES string of the molecule is CC1(O)CC[C@H](N)[C@@H](Cc2ccc3c(c2)CN(C2CCC(=O)NC2=O)C3=O)C1. The minimum atomic E-state index is -0.671. The number of nitrogens with zero attached hydrogens (tertiary/aromatic N) is 1. The number of carbonyl (C=O) groups is 3. The van der Waals surface area contributed by atoms with Crippen molar-refractivity contribution in [1.82, 2.24) is 10.2 Å². The summed E-state index contributed by atoms with van der Waals surface area (Å²) in [6.07, 6.45) is 3.59. The Balaban J connectivity index is 1.49. The highest BCUT2D eigenvalue weighted by atomic mass is 16.3. The second kappa shape index (κ2) is 6.97. The van der Waals surface area contributed by atoms with E-state index in [-0.39, 0.29) is 30.2 Å². The number of amides is 3. The first kappa shape index (κ1) is 19.1. The Kier molecular flexibility index (Phi) is 4.75. The van der Waals surface area contributed by atoms with Crippen LogP contribution in [-0.2, 0) is 22.6 Å². The summed E-state index contributed by atoms with van der Waals surface area (Å²) in [6.45, 7) is 2.24. The smallest absolute Gasteiger partial charge is 0.255 e. The van der Waals surface area contributed by atoms with Gasteiger partial charge in [-0.05, 0) is 62.1 Å². The first-order valence-corrected chi connectivity index (χ1v) is 9.98. The Hall–Kier alpha value is -2.25. The normalized spacial score (nSPS) is 33.0. The van der Waals surface area contributed by atoms with Crippen LogP contribution in [0.1, 0.15) is 60.5 Å². The van der Waals surface area contributed by atoms with Gasteiger partial charge >= 0.3 is 0 Å². The summed E-state index contributed by atoms with van der Waals surface area (Å²) in [6, 6.07) is 5.26. The summed E-state index contributed by atoms with van der Waals surface area (Å²) in [5, 5.41) is 12.7. The van der Waals surface area contributed by atoms with E-state index < -0.39 is 17.6 Å². The Morgan fingerprint density at radius 1 is 1.29 bits per heavy atom. The van der Waals surface area contributed by atoms with Crippen LogP contribution < -0.4 is 11.1 Å². The number of benzene rings is 1. The van der Waals surface area contributed by atoms with Crippen molar-refractivity contribution in [2.24, 2.45) is 11.7 Å². The molecule has 1 aliphatic carbocycles. The standard InChI is InChI=1S/C21H27N3O4/c1-21(28)7-6-16(22)13(10-21)8-12-2-3-15-14(9-12)11-24(20(15)27)17-4-5-18(25)23-19(17)26/h2-3,9,13,16-17,28H,4-8,10-11,22H2,1H3,(H,23,25,26)/t13-,16-,17?,21?/m0/s1. The molecule has 1 saturated carbocycles. The van der Waals surface area contributed by atoms with Crippen LogP contribution in [-0.4, -0.2) is 45.4 Å². The van der Waals surface area contributed by atoms with Gasteiger partial charge in [-0.25, -0.2) is 0 Å². The molecule has 0 spiro atoms. The van der Waals surface area contributed by atoms with E-state index in [0.717, 1.165) is 30.4 Å². The average molecular weight is 385 g/mol. The molecule has 4 atom stereocenters. The van der Waals surface area contributed by atoms with Crippen molar-refractivity contribution in [1.29, 1.82) is 0 Å². The predicted molar refractivity (Wildman–Crippen MR) is 102 cm³/mol. The number of piperidine rings is 1. The van der Waals surface area contributed by atoms with Crippen LogP contribution in [0.4, 0.5) is 0 Å². The van der Waals surface area contributed by atoms with Crippen LogP contribution in [0.15, 0.2) is 18.2 Å². The number of hydrogen-bond donors (Lipinski definition) is 3. The van der Waals surface area contributed by atoms with Gasteiger partial charge in [0.25, 0.3) is 5.91 Å². The van der Waals surface area contributed by atoms with Gasteiger partial charge in [0.05, 0.1) is 5.60 Å². The van der Waals surface area contributed by atoms with Crippen LogP contribution in [0.2, 0.25) is 0 Å². The van der Waals surface area contributed by atoms with Gasteiger partial charge in [0, 0.05) is 24.6 Å². The highest BCUT2D eigenvalue weighted by Crippen LogP contribution is 2.34. The lowest BCUT2D eigenvalue weighted by Crippen LogP contribution is -2.52. The molecule has 150 valence electrons. The molecule has 1 saturated heterocycles. The summed E-state index contributed by atoms with van der Waals surface area (Å²) < 4.78 is 0. The molecule has 0 bridgehead atoms. The number of aliphatic hydroxyl groups is 1. The zero-order chi connectivity index (χ0) is 20.1. The number of imide groups is 1. The lowest BCUT2D eigenvalue weighted by atomic mass is 9.74. The molecule has 3 amide bonds. The third-order valence-corrected chi connectivity index (χ3v) is 6.41. The van der Waals surface area contributed by atoms with Crippen LogP contribution in [0.5, 0.6) is 0 Å². The molecule has 0 radical (unpaired) electrons. The minimum absolute atomic E-state index is 0.0649. The third kappa shape index (κ3) is 3.56. The van der Waals surface area contributed by atoms with E-state index >= 15 is 0 Å². The molecular formula is C21H27N3O4. The second-order valence-electron chi connectivity index (χ2n) is 8.76. The van der Waals surface area contributed by atoms with Crippen LogP contribution in [0.3, 0.4) is 0 Å². The highest BCUT2D eigenvalue weighted by Gasteiger charge is 2.39. The molecule has 2 unspecified atom stereocenters. The number of carbonyl (C=O) groups excluding carboxylic acids is 3. The van der Waals surface area contributed by atoms with E-state index in [9.17, 15) is 19.5 Å². The number of fused-ring (bicyclic) bond motifs is 1. The van der Waals surface area contributed by atoms with Crippen molar-refractivity contribution in [3.63, 3.8) is 0 Å². The van der Waals surface area contributed by atoms with Crippen molar-refractivity contribution in [2.75, 3.05) is 0 Å². The molecule has 4 N–H and O–H groups in total. The number of rotatable bonds is 3. The molecule has 0 aromatic heterocycles. The fourth-order valence-electron chi connectivity index (χ4n) is 4.81. The van der Waals surface area contributed by atoms with E-state index in [0.29, 0.717) is 24.9 Å². The summed E-state index contributed by atoms with van der Waals surface area (Å²) in [4.78, 5) is 37.9. The number of hydrogen-bond acceptors (Lipinski definition) is 5. The third-order valence-electron chi connectivity index (χ3n) is 6.41. The van der Waals surface area contributed by atoms with E-state index in [1.807, 2.05) is 25.1 Å². The van der Waals surface area contributed by atoms with Crippen molar-refractivity contribution in [3.05, 3.63) is 34.9 Å². The summed E-state index contributed by atoms with van der Waals surface area (Å²) >= 11 is 0. The van der Waals surface area contributed by atoms with Gasteiger partial charge < -0.3 is 15.7 Å². The molecule has 7 heteroatoms. The zero-order valence-corrected chi connectivity index (χ0v) is 16.1. The fourth-order valence-corrected chi connectivity index (χ4v) is 4.81. The van der Waals surface area contributed by atoms with E-state index in [4.69, 9.17) is 5.73 Å². The summed E-state index contributed by atoms with van der Waals surface area (Å²) in [5.74, 6) is -0.640. The average Bonchev–Trinajstić information content (AvgIpc) is 2.94. The van der Waals surface area contributed by atoms with Crippen molar-refractivity contribution >= 4 is 17.7 Å². The Labute approximate surface area is 164 Å². The van der Waals surface area contributed by atoms with Gasteiger partial charge in [-0.3, -0.25) is 19.7 Å². The Morgan fingerprint density at radius 2 is 2.07 bits per heavy atom. The topological polar surface area (TPSA) is 113 Å². The van der Waals surface area contributed by atoms with Gasteiger partial charge in [-0.2, -0.15) is 0 Å². The van der Waals surface area contributed by atoms with Gasteiger partial charge in [-0.1, -0.05) is 12.1 Å². The van der Waals surface area contributed by atoms with E-state index in [1.54, 1.807) is 4.90 Å². The molecule has 1 aromatic rings. The van der Waals surface area contributed by atoms with Crippen LogP contribution in [0.25, 0.3) is 0 Å². The van der Waals surface area contributed by atoms with Crippen molar-refractivity contribution in [3.8, 4) is 0 Å². The molecule has 28 heavy (non-hydrogen) atoms. The molecule has 2 aliphatic heterocycles. The minimum Gasteiger partial charge on any atom is -0.390 e. The van der Waals surface area contributed by atoms with Gasteiger partial charge in [0.1, 0.15) is 6.04 Å². The molecular weight excluding hydrogens is 358 g/mol. The van der Waals surface area contributed by atoms with Gasteiger partial charge in [0.2, 0.25) is 11.8 Å². The quantitative estimate of drug-likeness (QED) is 0.668. The first-order chi connectivity index (χ1) is 13.2. The van der Waals surface area contributed by atoms with Gasteiger partial charge in [-0.15, -0.1) is 0 Å². The monoisotopic (exact) mass is 385 g/mol. The first-order valence-electron chi connectivity index (χ1n) is 9.98. The Bertz CT molecular complexity index is 835. The number of nitrogens with two attached hydrogens (primary N) is 1. The second-order valence-corrected chi connectivity index (χ2v) is 8.76. The lowest BCUT2D eigenvalue weighted by molar-refractivity contribution is -0.136. The van der Waals surface area contributed by atoms with Crippen LogP contribution in [0, 0.1) is 5.92 Å². The molecule has 3 aliphatic rings. The van der Waals surface area contributed by atoms with Crippen LogP contribution >= 0.6 is 0 Å². The molecule has 2 fully saturated rings. The maximum atomic E-state index is 12.8. The van der Waals surface area contributed by atoms with Crippen molar-refractivity contribution in [2.45, 2.75) is 69.7 Å². The molecule has 1 aromatic carbocycles. The summed E-state index contributed by atoms with van der Waals surface area (Å²) in [7, 11) is 0. The molecule has 2 heterocycles. The maximum Gasteiger partial charge on any atom is 0.255 e. The lowest BCUT2D eigenvalue weighted by Gasteiger charge is -2.38. The van der Waals surface area contributed by atoms with E-state index in [1.165, 1.54) is 0 Å². The fraction of sp³-hybridized carbons (Fsp3) is 0.571. The zero-order valence-electron chi connectivity index (χ0n) is 16.1. The molecule has 7 nitrogen and oxygen atoms in total. The van der Waals surface area contributed by atoms with Gasteiger partial charge in [0.15, 0.2) is 0 Å². The number of nitrogens with one attached hydrogen (secondary N) is 1. The van der Waals surface area contributed by atoms with E-state index in [2.05, 4.69) is 5.32 Å². The molecule has 4 rings (SSSR count).